The van der Waals surface area contributed by atoms with Gasteiger partial charge in [-0.05, 0) is 32.2 Å². The Kier molecular flexibility index (Phi) is 6.81. The van der Waals surface area contributed by atoms with Crippen molar-refractivity contribution >= 4 is 11.8 Å². The first-order valence-corrected chi connectivity index (χ1v) is 6.29. The maximum atomic E-state index is 5.28. The summed E-state index contributed by atoms with van der Waals surface area (Å²) in [7, 11) is 4.03. The molecule has 0 N–H and O–H groups in total. The third-order valence-corrected chi connectivity index (χ3v) is 2.44. The zero-order chi connectivity index (χ0) is 13.2. The minimum Gasteiger partial charge on any atom is -0.394 e. The van der Waals surface area contributed by atoms with Crippen molar-refractivity contribution in [2.24, 2.45) is 5.16 Å². The number of rotatable bonds is 7. The number of hydrogen-bond donors (Lipinski definition) is 0. The Balaban J connectivity index is 2.46. The summed E-state index contributed by atoms with van der Waals surface area (Å²) in [6.45, 7) is 3.57. The molecule has 98 valence electrons. The predicted molar refractivity (Wildman–Crippen MR) is 77.7 cm³/mol. The molecule has 0 amide bonds. The Morgan fingerprint density at radius 2 is 2.00 bits per heavy atom. The van der Waals surface area contributed by atoms with E-state index in [9.17, 15) is 0 Å². The number of benzene rings is 1. The summed E-state index contributed by atoms with van der Waals surface area (Å²) in [6, 6.07) is 10.2. The molecule has 0 heterocycles. The highest BCUT2D eigenvalue weighted by molar-refractivity contribution is 5.97. The Bertz CT molecular complexity index is 383. The molecule has 0 spiro atoms. The van der Waals surface area contributed by atoms with Gasteiger partial charge in [0.2, 0.25) is 0 Å². The summed E-state index contributed by atoms with van der Waals surface area (Å²) < 4.78 is 0. The van der Waals surface area contributed by atoms with E-state index in [1.165, 1.54) is 5.56 Å². The van der Waals surface area contributed by atoms with Crippen molar-refractivity contribution in [2.75, 3.05) is 27.2 Å². The average molecular weight is 246 g/mol. The summed E-state index contributed by atoms with van der Waals surface area (Å²) >= 11 is 0. The first kappa shape index (κ1) is 14.5. The van der Waals surface area contributed by atoms with Gasteiger partial charge in [-0.3, -0.25) is 0 Å². The molecule has 3 nitrogen and oxygen atoms in total. The van der Waals surface area contributed by atoms with Crippen LogP contribution in [0.3, 0.4) is 0 Å². The minimum absolute atomic E-state index is 0.621. The summed E-state index contributed by atoms with van der Waals surface area (Å²) in [4.78, 5) is 7.35. The van der Waals surface area contributed by atoms with Gasteiger partial charge in [0, 0.05) is 6.54 Å². The fourth-order valence-corrected chi connectivity index (χ4v) is 1.32. The standard InChI is InChI=1S/C15H22N2O/c1-4-15(16-18-13-12-17(2)3)11-10-14-8-6-5-7-9-14/h5-11H,4,12-13H2,1-3H3/b11-10+,16-15+. The molecular weight excluding hydrogens is 224 g/mol. The van der Waals surface area contributed by atoms with Crippen molar-refractivity contribution in [3.8, 4) is 0 Å². The molecule has 0 saturated heterocycles. The molecule has 0 unspecified atom stereocenters. The number of likely N-dealkylation sites (N-methyl/N-ethyl adjacent to an activating group) is 1. The third-order valence-electron chi connectivity index (χ3n) is 2.44. The molecule has 1 rings (SSSR count). The van der Waals surface area contributed by atoms with Gasteiger partial charge in [0.05, 0.1) is 5.71 Å². The van der Waals surface area contributed by atoms with Crippen molar-refractivity contribution in [3.05, 3.63) is 42.0 Å². The quantitative estimate of drug-likeness (QED) is 0.419. The van der Waals surface area contributed by atoms with Gasteiger partial charge >= 0.3 is 0 Å². The van der Waals surface area contributed by atoms with Gasteiger partial charge in [-0.1, -0.05) is 48.5 Å². The van der Waals surface area contributed by atoms with E-state index < -0.39 is 0 Å². The summed E-state index contributed by atoms with van der Waals surface area (Å²) in [5, 5.41) is 4.13. The molecule has 0 radical (unpaired) electrons. The molecule has 0 saturated carbocycles. The molecule has 18 heavy (non-hydrogen) atoms. The van der Waals surface area contributed by atoms with Crippen molar-refractivity contribution in [1.29, 1.82) is 0 Å². The van der Waals surface area contributed by atoms with Gasteiger partial charge in [0.15, 0.2) is 0 Å². The zero-order valence-corrected chi connectivity index (χ0v) is 11.5. The third kappa shape index (κ3) is 6.21. The van der Waals surface area contributed by atoms with Crippen molar-refractivity contribution in [2.45, 2.75) is 13.3 Å². The van der Waals surface area contributed by atoms with Gasteiger partial charge in [-0.2, -0.15) is 0 Å². The van der Waals surface area contributed by atoms with Crippen LogP contribution in [0.1, 0.15) is 18.9 Å². The average Bonchev–Trinajstić information content (AvgIpc) is 2.39. The molecular formula is C15H22N2O. The number of nitrogens with zero attached hydrogens (tertiary/aromatic N) is 2. The first-order chi connectivity index (χ1) is 8.72. The molecule has 0 bridgehead atoms. The summed E-state index contributed by atoms with van der Waals surface area (Å²) in [5.74, 6) is 0. The molecule has 0 fully saturated rings. The summed E-state index contributed by atoms with van der Waals surface area (Å²) in [5.41, 5.74) is 2.13. The Morgan fingerprint density at radius 3 is 2.61 bits per heavy atom. The highest BCUT2D eigenvalue weighted by Crippen LogP contribution is 2.02. The zero-order valence-electron chi connectivity index (χ0n) is 11.5. The van der Waals surface area contributed by atoms with Gasteiger partial charge in [-0.15, -0.1) is 0 Å². The van der Waals surface area contributed by atoms with Crippen LogP contribution in [0.2, 0.25) is 0 Å². The fourth-order valence-electron chi connectivity index (χ4n) is 1.32. The van der Waals surface area contributed by atoms with Crippen molar-refractivity contribution < 1.29 is 4.84 Å². The second kappa shape index (κ2) is 8.48. The monoisotopic (exact) mass is 246 g/mol. The molecule has 0 atom stereocenters. The van der Waals surface area contributed by atoms with Crippen LogP contribution in [0, 0.1) is 0 Å². The molecule has 0 aliphatic heterocycles. The first-order valence-electron chi connectivity index (χ1n) is 6.29. The van der Waals surface area contributed by atoms with Crippen LogP contribution in [0.25, 0.3) is 6.08 Å². The molecule has 0 aliphatic rings. The van der Waals surface area contributed by atoms with E-state index in [2.05, 4.69) is 35.2 Å². The number of oxime groups is 1. The molecule has 3 heteroatoms. The second-order valence-electron chi connectivity index (χ2n) is 4.32. The smallest absolute Gasteiger partial charge is 0.129 e. The lowest BCUT2D eigenvalue weighted by atomic mass is 10.2. The van der Waals surface area contributed by atoms with Gasteiger partial charge in [0.1, 0.15) is 6.61 Å². The largest absolute Gasteiger partial charge is 0.394 e. The maximum absolute atomic E-state index is 5.28. The predicted octanol–water partition coefficient (Wildman–Crippen LogP) is 3.04. The van der Waals surface area contributed by atoms with Crippen molar-refractivity contribution in [1.82, 2.24) is 4.90 Å². The Morgan fingerprint density at radius 1 is 1.28 bits per heavy atom. The van der Waals surface area contributed by atoms with Crippen LogP contribution >= 0.6 is 0 Å². The topological polar surface area (TPSA) is 24.8 Å². The van der Waals surface area contributed by atoms with Gasteiger partial charge < -0.3 is 9.74 Å². The van der Waals surface area contributed by atoms with E-state index in [4.69, 9.17) is 4.84 Å². The normalized spacial score (nSPS) is 12.3. The van der Waals surface area contributed by atoms with E-state index in [1.807, 2.05) is 38.4 Å². The molecule has 0 aliphatic carbocycles. The van der Waals surface area contributed by atoms with E-state index in [0.717, 1.165) is 18.7 Å². The Hall–Kier alpha value is -1.61. The van der Waals surface area contributed by atoms with Crippen LogP contribution in [0.4, 0.5) is 0 Å². The Labute approximate surface area is 110 Å². The van der Waals surface area contributed by atoms with Crippen LogP contribution in [-0.4, -0.2) is 37.9 Å². The lowest BCUT2D eigenvalue weighted by Gasteiger charge is -2.07. The number of hydrogen-bond acceptors (Lipinski definition) is 3. The molecule has 1 aromatic carbocycles. The summed E-state index contributed by atoms with van der Waals surface area (Å²) in [6.07, 6.45) is 4.92. The highest BCUT2D eigenvalue weighted by atomic mass is 16.6. The fraction of sp³-hybridized carbons (Fsp3) is 0.400. The van der Waals surface area contributed by atoms with E-state index >= 15 is 0 Å². The number of allylic oxidation sites excluding steroid dienone is 1. The highest BCUT2D eigenvalue weighted by Gasteiger charge is 1.93. The van der Waals surface area contributed by atoms with Crippen LogP contribution in [-0.2, 0) is 4.84 Å². The lowest BCUT2D eigenvalue weighted by molar-refractivity contribution is 0.126. The lowest BCUT2D eigenvalue weighted by Crippen LogP contribution is -2.17. The van der Waals surface area contributed by atoms with Crippen LogP contribution in [0.15, 0.2) is 41.6 Å². The molecule has 0 aromatic heterocycles. The van der Waals surface area contributed by atoms with E-state index in [0.29, 0.717) is 6.61 Å². The van der Waals surface area contributed by atoms with Crippen molar-refractivity contribution in [3.63, 3.8) is 0 Å². The van der Waals surface area contributed by atoms with Crippen LogP contribution in [0.5, 0.6) is 0 Å². The van der Waals surface area contributed by atoms with E-state index in [-0.39, 0.29) is 0 Å². The van der Waals surface area contributed by atoms with Gasteiger partial charge in [-0.25, -0.2) is 0 Å². The maximum Gasteiger partial charge on any atom is 0.129 e. The van der Waals surface area contributed by atoms with E-state index in [1.54, 1.807) is 0 Å². The SMILES string of the molecule is CCC(/C=C/c1ccccc1)=N\OCCN(C)C. The second-order valence-corrected chi connectivity index (χ2v) is 4.32. The van der Waals surface area contributed by atoms with Crippen LogP contribution < -0.4 is 0 Å². The molecule has 1 aromatic rings. The minimum atomic E-state index is 0.621. The van der Waals surface area contributed by atoms with Gasteiger partial charge in [0.25, 0.3) is 0 Å².